The van der Waals surface area contributed by atoms with E-state index in [9.17, 15) is 4.79 Å². The minimum absolute atomic E-state index is 0.0617. The number of amides is 1. The molecule has 0 saturated carbocycles. The van der Waals surface area contributed by atoms with Crippen molar-refractivity contribution in [3.05, 3.63) is 77.2 Å². The summed E-state index contributed by atoms with van der Waals surface area (Å²) in [6.45, 7) is 6.04. The van der Waals surface area contributed by atoms with E-state index in [1.807, 2.05) is 36.4 Å². The summed E-state index contributed by atoms with van der Waals surface area (Å²) in [6, 6.07) is 16.3. The number of carbonyl (C=O) groups is 1. The molecule has 4 rings (SSSR count). The molecule has 34 heavy (non-hydrogen) atoms. The van der Waals surface area contributed by atoms with Crippen LogP contribution >= 0.6 is 11.8 Å². The largest absolute Gasteiger partial charge is 0.354 e. The highest BCUT2D eigenvalue weighted by Gasteiger charge is 2.21. The van der Waals surface area contributed by atoms with Gasteiger partial charge < -0.3 is 10.2 Å². The lowest BCUT2D eigenvalue weighted by Crippen LogP contribution is -2.38. The Morgan fingerprint density at radius 1 is 1.12 bits per heavy atom. The van der Waals surface area contributed by atoms with E-state index in [4.69, 9.17) is 9.97 Å². The highest BCUT2D eigenvalue weighted by molar-refractivity contribution is 7.98. The summed E-state index contributed by atoms with van der Waals surface area (Å²) in [5.41, 5.74) is 3.80. The summed E-state index contributed by atoms with van der Waals surface area (Å²) in [5.74, 6) is 1.70. The van der Waals surface area contributed by atoms with Crippen molar-refractivity contribution in [1.82, 2.24) is 20.3 Å². The maximum Gasteiger partial charge on any atom is 0.251 e. The number of aromatic nitrogens is 3. The van der Waals surface area contributed by atoms with Crippen molar-refractivity contribution in [2.75, 3.05) is 18.0 Å². The van der Waals surface area contributed by atoms with Gasteiger partial charge in [-0.15, -0.1) is 0 Å². The zero-order valence-corrected chi connectivity index (χ0v) is 20.9. The molecule has 1 atom stereocenters. The minimum atomic E-state index is -0.0617. The number of nitrogens with one attached hydrogen (secondary N) is 1. The summed E-state index contributed by atoms with van der Waals surface area (Å²) >= 11 is 1.63. The van der Waals surface area contributed by atoms with Crippen LogP contribution in [-0.4, -0.2) is 40.0 Å². The van der Waals surface area contributed by atoms with Crippen LogP contribution < -0.4 is 10.2 Å². The van der Waals surface area contributed by atoms with Gasteiger partial charge in [0.15, 0.2) is 5.16 Å². The van der Waals surface area contributed by atoms with Gasteiger partial charge in [-0.1, -0.05) is 36.9 Å². The van der Waals surface area contributed by atoms with Gasteiger partial charge in [-0.05, 0) is 62.4 Å². The molecule has 178 valence electrons. The molecule has 1 amide bonds. The highest BCUT2D eigenvalue weighted by Crippen LogP contribution is 2.27. The number of hydrogen-bond acceptors (Lipinski definition) is 6. The standard InChI is InChI=1S/C27H33N5OS/c1-3-23-18-25(32-16-7-5-9-20(32)2)31-27(30-23)34-19-21-10-8-11-22(17-21)26(33)29-15-13-24-12-4-6-14-28-24/h4,6,8,10-12,14,17-18,20H,3,5,7,9,13,15-16,19H2,1-2H3,(H,29,33). The Kier molecular flexibility index (Phi) is 8.52. The van der Waals surface area contributed by atoms with Crippen LogP contribution in [0.5, 0.6) is 0 Å². The van der Waals surface area contributed by atoms with Gasteiger partial charge in [-0.2, -0.15) is 0 Å². The van der Waals surface area contributed by atoms with E-state index in [0.29, 0.717) is 24.6 Å². The molecule has 1 fully saturated rings. The molecule has 1 N–H and O–H groups in total. The van der Waals surface area contributed by atoms with Gasteiger partial charge in [0, 0.05) is 60.5 Å². The maximum atomic E-state index is 12.6. The van der Waals surface area contributed by atoms with Crippen molar-refractivity contribution >= 4 is 23.5 Å². The number of carbonyl (C=O) groups excluding carboxylic acids is 1. The fraction of sp³-hybridized carbons (Fsp3) is 0.407. The van der Waals surface area contributed by atoms with Crippen LogP contribution in [0.25, 0.3) is 0 Å². The number of pyridine rings is 1. The van der Waals surface area contributed by atoms with Crippen LogP contribution in [0.4, 0.5) is 5.82 Å². The van der Waals surface area contributed by atoms with E-state index in [-0.39, 0.29) is 5.91 Å². The van der Waals surface area contributed by atoms with Crippen molar-refractivity contribution in [3.63, 3.8) is 0 Å². The Hall–Kier alpha value is -2.93. The molecule has 3 aromatic rings. The third-order valence-corrected chi connectivity index (χ3v) is 7.07. The Labute approximate surface area is 206 Å². The predicted octanol–water partition coefficient (Wildman–Crippen LogP) is 5.08. The second-order valence-electron chi connectivity index (χ2n) is 8.71. The van der Waals surface area contributed by atoms with Crippen LogP contribution in [0.15, 0.2) is 59.9 Å². The maximum absolute atomic E-state index is 12.6. The first-order valence-corrected chi connectivity index (χ1v) is 13.2. The fourth-order valence-corrected chi connectivity index (χ4v) is 5.01. The van der Waals surface area contributed by atoms with E-state index in [0.717, 1.165) is 46.6 Å². The Balaban J connectivity index is 1.37. The van der Waals surface area contributed by atoms with E-state index >= 15 is 0 Å². The van der Waals surface area contributed by atoms with Crippen LogP contribution in [0, 0.1) is 0 Å². The number of aryl methyl sites for hydroxylation is 1. The van der Waals surface area contributed by atoms with E-state index < -0.39 is 0 Å². The molecule has 6 nitrogen and oxygen atoms in total. The summed E-state index contributed by atoms with van der Waals surface area (Å²) < 4.78 is 0. The molecule has 7 heteroatoms. The average Bonchev–Trinajstić information content (AvgIpc) is 2.88. The first kappa shape index (κ1) is 24.2. The molecule has 1 aromatic carbocycles. The summed E-state index contributed by atoms with van der Waals surface area (Å²) in [7, 11) is 0. The Morgan fingerprint density at radius 2 is 2.03 bits per heavy atom. The van der Waals surface area contributed by atoms with Crippen molar-refractivity contribution in [2.24, 2.45) is 0 Å². The van der Waals surface area contributed by atoms with Gasteiger partial charge in [-0.3, -0.25) is 9.78 Å². The van der Waals surface area contributed by atoms with Gasteiger partial charge in [0.05, 0.1) is 0 Å². The molecule has 0 radical (unpaired) electrons. The third kappa shape index (κ3) is 6.56. The van der Waals surface area contributed by atoms with Crippen LogP contribution in [0.2, 0.25) is 0 Å². The second-order valence-corrected chi connectivity index (χ2v) is 9.65. The Morgan fingerprint density at radius 3 is 2.82 bits per heavy atom. The van der Waals surface area contributed by atoms with Crippen LogP contribution in [0.1, 0.15) is 60.4 Å². The van der Waals surface area contributed by atoms with Crippen molar-refractivity contribution in [1.29, 1.82) is 0 Å². The van der Waals surface area contributed by atoms with E-state index in [1.165, 1.54) is 19.3 Å². The molecule has 3 heterocycles. The fourth-order valence-electron chi connectivity index (χ4n) is 4.19. The lowest BCUT2D eigenvalue weighted by molar-refractivity contribution is 0.0954. The second kappa shape index (κ2) is 12.0. The molecule has 1 unspecified atom stereocenters. The molecular weight excluding hydrogens is 442 g/mol. The minimum Gasteiger partial charge on any atom is -0.354 e. The van der Waals surface area contributed by atoms with Crippen LogP contribution in [0.3, 0.4) is 0 Å². The average molecular weight is 476 g/mol. The van der Waals surface area contributed by atoms with Gasteiger partial charge in [0.1, 0.15) is 5.82 Å². The number of hydrogen-bond donors (Lipinski definition) is 1. The van der Waals surface area contributed by atoms with Crippen molar-refractivity contribution < 1.29 is 4.79 Å². The lowest BCUT2D eigenvalue weighted by atomic mass is 10.0. The summed E-state index contributed by atoms with van der Waals surface area (Å²) in [4.78, 5) is 29.0. The van der Waals surface area contributed by atoms with E-state index in [2.05, 4.69) is 41.2 Å². The number of benzene rings is 1. The zero-order chi connectivity index (χ0) is 23.8. The molecule has 0 bridgehead atoms. The summed E-state index contributed by atoms with van der Waals surface area (Å²) in [5, 5.41) is 3.80. The van der Waals surface area contributed by atoms with Gasteiger partial charge in [0.25, 0.3) is 5.91 Å². The third-order valence-electron chi connectivity index (χ3n) is 6.15. The van der Waals surface area contributed by atoms with Gasteiger partial charge in [0.2, 0.25) is 0 Å². The number of piperidine rings is 1. The van der Waals surface area contributed by atoms with Gasteiger partial charge >= 0.3 is 0 Å². The highest BCUT2D eigenvalue weighted by atomic mass is 32.2. The molecule has 0 spiro atoms. The molecule has 2 aromatic heterocycles. The zero-order valence-electron chi connectivity index (χ0n) is 20.0. The monoisotopic (exact) mass is 475 g/mol. The number of anilines is 1. The van der Waals surface area contributed by atoms with Crippen molar-refractivity contribution in [2.45, 2.75) is 62.9 Å². The molecular formula is C27H33N5OS. The van der Waals surface area contributed by atoms with Crippen LogP contribution in [-0.2, 0) is 18.6 Å². The first-order chi connectivity index (χ1) is 16.6. The smallest absolute Gasteiger partial charge is 0.251 e. The molecule has 1 saturated heterocycles. The normalized spacial score (nSPS) is 15.8. The number of nitrogens with zero attached hydrogens (tertiary/aromatic N) is 4. The Bertz CT molecular complexity index is 1090. The lowest BCUT2D eigenvalue weighted by Gasteiger charge is -2.34. The quantitative estimate of drug-likeness (QED) is 0.344. The molecule has 1 aliphatic heterocycles. The topological polar surface area (TPSA) is 71.0 Å². The number of thioether (sulfide) groups is 1. The number of rotatable bonds is 9. The van der Waals surface area contributed by atoms with Gasteiger partial charge in [-0.25, -0.2) is 9.97 Å². The molecule has 0 aliphatic carbocycles. The predicted molar refractivity (Wildman–Crippen MR) is 138 cm³/mol. The summed E-state index contributed by atoms with van der Waals surface area (Å²) in [6.07, 6.45) is 7.09. The van der Waals surface area contributed by atoms with E-state index in [1.54, 1.807) is 18.0 Å². The molecule has 1 aliphatic rings. The SMILES string of the molecule is CCc1cc(N2CCCCC2C)nc(SCc2cccc(C(=O)NCCc3ccccn3)c2)n1. The van der Waals surface area contributed by atoms with Crippen molar-refractivity contribution in [3.8, 4) is 0 Å². The first-order valence-electron chi connectivity index (χ1n) is 12.2.